The highest BCUT2D eigenvalue weighted by Gasteiger charge is 2.33. The first-order valence-corrected chi connectivity index (χ1v) is 6.99. The van der Waals surface area contributed by atoms with Crippen LogP contribution >= 0.6 is 23.1 Å². The molecule has 0 radical (unpaired) electrons. The fourth-order valence-corrected chi connectivity index (χ4v) is 3.41. The molecule has 0 saturated heterocycles. The van der Waals surface area contributed by atoms with E-state index < -0.39 is 5.97 Å². The van der Waals surface area contributed by atoms with E-state index in [1.54, 1.807) is 12.1 Å². The average molecular weight is 309 g/mol. The molecule has 2 N–H and O–H groups in total. The topological polar surface area (TPSA) is 79.3 Å². The molecule has 1 aliphatic heterocycles. The van der Waals surface area contributed by atoms with E-state index in [2.05, 4.69) is 9.69 Å². The number of nitrogens with one attached hydrogen (secondary N) is 1. The number of carbonyl (C=O) groups excluding carboxylic acids is 1. The Morgan fingerprint density at radius 2 is 2.30 bits per heavy atom. The third-order valence-electron chi connectivity index (χ3n) is 3.14. The molecule has 1 aliphatic rings. The van der Waals surface area contributed by atoms with Gasteiger partial charge in [-0.1, -0.05) is 23.7 Å². The summed E-state index contributed by atoms with van der Waals surface area (Å²) in [6.45, 7) is 0. The van der Waals surface area contributed by atoms with Gasteiger partial charge >= 0.3 is 5.97 Å². The van der Waals surface area contributed by atoms with Crippen LogP contribution in [0.15, 0.2) is 24.3 Å². The minimum absolute atomic E-state index is 0.106. The third kappa shape index (κ3) is 2.17. The molecule has 20 heavy (non-hydrogen) atoms. The molecule has 7 heteroatoms. The third-order valence-corrected chi connectivity index (χ3v) is 4.34. The van der Waals surface area contributed by atoms with Crippen LogP contribution < -0.4 is 5.32 Å². The predicted octanol–water partition coefficient (Wildman–Crippen LogP) is 2.97. The fourth-order valence-electron chi connectivity index (χ4n) is 2.27. The summed E-state index contributed by atoms with van der Waals surface area (Å²) in [6, 6.07) is 7.22. The smallest absolute Gasteiger partial charge is 0.357 e. The van der Waals surface area contributed by atoms with Gasteiger partial charge in [-0.25, -0.2) is 4.79 Å². The molecule has 0 aliphatic carbocycles. The number of halogens is 1. The fraction of sp³-hybridized carbons (Fsp3) is 0.154. The SMILES string of the molecule is O=C1C[C@@H](c2cccc(Cl)c2)c2snc(C(=O)O)c2N1. The lowest BCUT2D eigenvalue weighted by Crippen LogP contribution is -2.23. The van der Waals surface area contributed by atoms with E-state index in [-0.39, 0.29) is 23.9 Å². The number of amides is 1. The van der Waals surface area contributed by atoms with E-state index in [0.29, 0.717) is 10.7 Å². The first kappa shape index (κ1) is 13.1. The van der Waals surface area contributed by atoms with Crippen molar-refractivity contribution < 1.29 is 14.7 Å². The van der Waals surface area contributed by atoms with Crippen LogP contribution in [-0.4, -0.2) is 21.4 Å². The van der Waals surface area contributed by atoms with Gasteiger partial charge in [0.05, 0.1) is 10.6 Å². The van der Waals surface area contributed by atoms with Crippen molar-refractivity contribution in [3.63, 3.8) is 0 Å². The molecule has 1 amide bonds. The van der Waals surface area contributed by atoms with Crippen molar-refractivity contribution in [2.45, 2.75) is 12.3 Å². The Labute approximate surface area is 123 Å². The lowest BCUT2D eigenvalue weighted by atomic mass is 9.90. The second-order valence-corrected chi connectivity index (χ2v) is 5.68. The maximum Gasteiger partial charge on any atom is 0.357 e. The van der Waals surface area contributed by atoms with Crippen molar-refractivity contribution in [3.05, 3.63) is 45.4 Å². The van der Waals surface area contributed by atoms with Crippen molar-refractivity contribution in [1.82, 2.24) is 4.37 Å². The zero-order valence-electron chi connectivity index (χ0n) is 10.1. The highest BCUT2D eigenvalue weighted by molar-refractivity contribution is 7.06. The second kappa shape index (κ2) is 4.88. The number of hydrogen-bond donors (Lipinski definition) is 2. The molecule has 102 valence electrons. The zero-order valence-corrected chi connectivity index (χ0v) is 11.7. The largest absolute Gasteiger partial charge is 0.476 e. The summed E-state index contributed by atoms with van der Waals surface area (Å²) in [4.78, 5) is 23.7. The van der Waals surface area contributed by atoms with Crippen LogP contribution in [0.5, 0.6) is 0 Å². The van der Waals surface area contributed by atoms with Crippen molar-refractivity contribution >= 4 is 40.7 Å². The van der Waals surface area contributed by atoms with Crippen LogP contribution in [0.3, 0.4) is 0 Å². The number of hydrogen-bond acceptors (Lipinski definition) is 4. The first-order chi connectivity index (χ1) is 9.56. The van der Waals surface area contributed by atoms with E-state index in [4.69, 9.17) is 16.7 Å². The summed E-state index contributed by atoms with van der Waals surface area (Å²) in [7, 11) is 0. The van der Waals surface area contributed by atoms with Crippen LogP contribution in [0.25, 0.3) is 0 Å². The zero-order chi connectivity index (χ0) is 14.3. The Morgan fingerprint density at radius 3 is 3.00 bits per heavy atom. The van der Waals surface area contributed by atoms with Gasteiger partial charge in [0.2, 0.25) is 5.91 Å². The molecule has 1 aromatic carbocycles. The molecule has 0 spiro atoms. The minimum Gasteiger partial charge on any atom is -0.476 e. The number of anilines is 1. The Hall–Kier alpha value is -1.92. The number of benzene rings is 1. The maximum absolute atomic E-state index is 11.8. The number of carboxylic acids is 1. The van der Waals surface area contributed by atoms with Gasteiger partial charge in [-0.2, -0.15) is 4.37 Å². The first-order valence-electron chi connectivity index (χ1n) is 5.84. The van der Waals surface area contributed by atoms with Crippen LogP contribution in [0, 0.1) is 0 Å². The number of carbonyl (C=O) groups is 2. The molecule has 1 aromatic heterocycles. The molecule has 0 saturated carbocycles. The van der Waals surface area contributed by atoms with Gasteiger partial charge in [0, 0.05) is 17.4 Å². The van der Waals surface area contributed by atoms with Gasteiger partial charge in [-0.05, 0) is 29.2 Å². The normalized spacial score (nSPS) is 17.4. The summed E-state index contributed by atoms with van der Waals surface area (Å²) in [5.74, 6) is -1.57. The van der Waals surface area contributed by atoms with Gasteiger partial charge in [-0.15, -0.1) is 0 Å². The maximum atomic E-state index is 11.8. The number of aromatic nitrogens is 1. The number of carboxylic acid groups (broad SMARTS) is 1. The lowest BCUT2D eigenvalue weighted by Gasteiger charge is -2.22. The standard InChI is InChI=1S/C13H9ClN2O3S/c14-7-3-1-2-6(4-7)8-5-9(17)15-10-11(13(18)19)16-20-12(8)10/h1-4,8H,5H2,(H,15,17)(H,18,19)/t8-/m0/s1. The van der Waals surface area contributed by atoms with Crippen molar-refractivity contribution in [3.8, 4) is 0 Å². The van der Waals surface area contributed by atoms with E-state index in [9.17, 15) is 9.59 Å². The molecular formula is C13H9ClN2O3S. The van der Waals surface area contributed by atoms with Crippen LogP contribution in [0.1, 0.15) is 33.3 Å². The number of nitrogens with zero attached hydrogens (tertiary/aromatic N) is 1. The van der Waals surface area contributed by atoms with Crippen LogP contribution in [0.2, 0.25) is 5.02 Å². The molecule has 0 fully saturated rings. The number of aromatic carboxylic acids is 1. The molecule has 0 bridgehead atoms. The average Bonchev–Trinajstić information content (AvgIpc) is 2.81. The van der Waals surface area contributed by atoms with Crippen molar-refractivity contribution in [1.29, 1.82) is 0 Å². The van der Waals surface area contributed by atoms with E-state index in [1.165, 1.54) is 0 Å². The van der Waals surface area contributed by atoms with Gasteiger partial charge in [-0.3, -0.25) is 4.79 Å². The molecule has 0 unspecified atom stereocenters. The van der Waals surface area contributed by atoms with Crippen LogP contribution in [-0.2, 0) is 4.79 Å². The Kier molecular flexibility index (Phi) is 3.19. The predicted molar refractivity (Wildman–Crippen MR) is 75.6 cm³/mol. The Morgan fingerprint density at radius 1 is 1.50 bits per heavy atom. The summed E-state index contributed by atoms with van der Waals surface area (Å²) >= 11 is 7.08. The van der Waals surface area contributed by atoms with Crippen LogP contribution in [0.4, 0.5) is 5.69 Å². The number of fused-ring (bicyclic) bond motifs is 1. The van der Waals surface area contributed by atoms with E-state index >= 15 is 0 Å². The second-order valence-electron chi connectivity index (χ2n) is 4.44. The quantitative estimate of drug-likeness (QED) is 0.894. The van der Waals surface area contributed by atoms with Gasteiger partial charge < -0.3 is 10.4 Å². The number of rotatable bonds is 2. The summed E-state index contributed by atoms with van der Waals surface area (Å²) < 4.78 is 3.92. The highest BCUT2D eigenvalue weighted by Crippen LogP contribution is 2.41. The molecular weight excluding hydrogens is 300 g/mol. The highest BCUT2D eigenvalue weighted by atomic mass is 35.5. The molecule has 1 atom stereocenters. The summed E-state index contributed by atoms with van der Waals surface area (Å²) in [5.41, 5.74) is 1.09. The summed E-state index contributed by atoms with van der Waals surface area (Å²) in [5, 5.41) is 12.3. The lowest BCUT2D eigenvalue weighted by molar-refractivity contribution is -0.116. The van der Waals surface area contributed by atoms with Crippen molar-refractivity contribution in [2.75, 3.05) is 5.32 Å². The summed E-state index contributed by atoms with van der Waals surface area (Å²) in [6.07, 6.45) is 0.259. The monoisotopic (exact) mass is 308 g/mol. The Bertz CT molecular complexity index is 713. The van der Waals surface area contributed by atoms with Crippen molar-refractivity contribution in [2.24, 2.45) is 0 Å². The Balaban J connectivity index is 2.11. The van der Waals surface area contributed by atoms with Gasteiger partial charge in [0.15, 0.2) is 5.69 Å². The van der Waals surface area contributed by atoms with E-state index in [0.717, 1.165) is 22.0 Å². The molecule has 2 aromatic rings. The molecule has 2 heterocycles. The molecule has 3 rings (SSSR count). The minimum atomic E-state index is -1.14. The van der Waals surface area contributed by atoms with E-state index in [1.807, 2.05) is 12.1 Å². The van der Waals surface area contributed by atoms with Gasteiger partial charge in [0.25, 0.3) is 0 Å². The van der Waals surface area contributed by atoms with Gasteiger partial charge in [0.1, 0.15) is 0 Å². The molecule has 5 nitrogen and oxygen atoms in total.